The molecule has 0 heterocycles. The fourth-order valence-corrected chi connectivity index (χ4v) is 2.88. The van der Waals surface area contributed by atoms with Gasteiger partial charge in [0.2, 0.25) is 6.10 Å². The summed E-state index contributed by atoms with van der Waals surface area (Å²) in [6.45, 7) is 1.40. The molecule has 0 saturated carbocycles. The number of anilines is 1. The number of rotatable bonds is 8. The van der Waals surface area contributed by atoms with E-state index in [0.717, 1.165) is 11.6 Å². The highest BCUT2D eigenvalue weighted by molar-refractivity contribution is 5.97. The van der Waals surface area contributed by atoms with Gasteiger partial charge in [0.1, 0.15) is 17.3 Å². The van der Waals surface area contributed by atoms with E-state index in [9.17, 15) is 14.0 Å². The van der Waals surface area contributed by atoms with Gasteiger partial charge >= 0.3 is 5.97 Å². The molecule has 7 heteroatoms. The van der Waals surface area contributed by atoms with Crippen LogP contribution in [0.15, 0.2) is 72.8 Å². The van der Waals surface area contributed by atoms with E-state index in [1.807, 2.05) is 13.0 Å². The fraction of sp³-hybridized carbons (Fsp3) is 0.167. The maximum absolute atomic E-state index is 13.3. The quantitative estimate of drug-likeness (QED) is 0.542. The molecule has 6 nitrogen and oxygen atoms in total. The van der Waals surface area contributed by atoms with Crippen LogP contribution in [0.3, 0.4) is 0 Å². The second kappa shape index (κ2) is 10.2. The predicted molar refractivity (Wildman–Crippen MR) is 114 cm³/mol. The summed E-state index contributed by atoms with van der Waals surface area (Å²) in [5.41, 5.74) is 1.87. The number of aryl methyl sites for hydroxylation is 1. The van der Waals surface area contributed by atoms with Crippen molar-refractivity contribution in [1.29, 1.82) is 0 Å². The maximum atomic E-state index is 13.3. The zero-order valence-corrected chi connectivity index (χ0v) is 17.1. The van der Waals surface area contributed by atoms with Gasteiger partial charge in [0.25, 0.3) is 5.91 Å². The highest BCUT2D eigenvalue weighted by Crippen LogP contribution is 2.28. The van der Waals surface area contributed by atoms with Crippen molar-refractivity contribution in [2.75, 3.05) is 19.0 Å². The number of amides is 1. The molecule has 0 bridgehead atoms. The molecule has 0 spiro atoms. The third kappa shape index (κ3) is 6.05. The topological polar surface area (TPSA) is 73.9 Å². The molecule has 0 radical (unpaired) electrons. The lowest BCUT2D eigenvalue weighted by Crippen LogP contribution is -2.28. The second-order valence-corrected chi connectivity index (χ2v) is 6.72. The molecular formula is C24H22FNO5. The van der Waals surface area contributed by atoms with Crippen molar-refractivity contribution >= 4 is 17.6 Å². The number of carbonyl (C=O) groups excluding carboxylic acids is 2. The lowest BCUT2D eigenvalue weighted by atomic mass is 10.1. The Bertz CT molecular complexity index is 1050. The highest BCUT2D eigenvalue weighted by Gasteiger charge is 2.26. The Morgan fingerprint density at radius 2 is 1.77 bits per heavy atom. The van der Waals surface area contributed by atoms with E-state index in [-0.39, 0.29) is 5.75 Å². The van der Waals surface area contributed by atoms with Gasteiger partial charge in [0, 0.05) is 11.6 Å². The van der Waals surface area contributed by atoms with E-state index in [4.69, 9.17) is 14.2 Å². The third-order valence-corrected chi connectivity index (χ3v) is 4.36. The number of esters is 1. The van der Waals surface area contributed by atoms with Gasteiger partial charge in [-0.1, -0.05) is 42.5 Å². The highest BCUT2D eigenvalue weighted by atomic mass is 19.1. The largest absolute Gasteiger partial charge is 0.495 e. The number of hydrogen-bond donors (Lipinski definition) is 1. The average molecular weight is 423 g/mol. The zero-order chi connectivity index (χ0) is 22.2. The Morgan fingerprint density at radius 3 is 2.48 bits per heavy atom. The Morgan fingerprint density at radius 1 is 1.00 bits per heavy atom. The summed E-state index contributed by atoms with van der Waals surface area (Å²) >= 11 is 0. The summed E-state index contributed by atoms with van der Waals surface area (Å²) in [6, 6.07) is 19.4. The first kappa shape index (κ1) is 21.8. The zero-order valence-electron chi connectivity index (χ0n) is 17.1. The average Bonchev–Trinajstić information content (AvgIpc) is 2.77. The number of benzene rings is 3. The standard InChI is InChI=1S/C24H22FNO5/c1-16-11-12-21(29-2)20(13-16)26-24(28)23(17-7-4-3-5-8-17)31-22(27)15-30-19-10-6-9-18(25)14-19/h3-14,23H,15H2,1-2H3,(H,26,28). The first-order chi connectivity index (χ1) is 15.0. The monoisotopic (exact) mass is 423 g/mol. The van der Waals surface area contributed by atoms with Crippen molar-refractivity contribution in [2.24, 2.45) is 0 Å². The van der Waals surface area contributed by atoms with Crippen molar-refractivity contribution in [3.05, 3.63) is 89.7 Å². The van der Waals surface area contributed by atoms with Gasteiger partial charge in [-0.3, -0.25) is 4.79 Å². The molecule has 0 aliphatic rings. The van der Waals surface area contributed by atoms with Crippen LogP contribution in [0.2, 0.25) is 0 Å². The first-order valence-corrected chi connectivity index (χ1v) is 9.54. The summed E-state index contributed by atoms with van der Waals surface area (Å²) in [7, 11) is 1.50. The van der Waals surface area contributed by atoms with Crippen molar-refractivity contribution in [2.45, 2.75) is 13.0 Å². The lowest BCUT2D eigenvalue weighted by molar-refractivity contribution is -0.156. The molecule has 0 aliphatic heterocycles. The molecule has 0 aliphatic carbocycles. The van der Waals surface area contributed by atoms with Gasteiger partial charge in [-0.05, 0) is 36.8 Å². The molecule has 1 N–H and O–H groups in total. The minimum absolute atomic E-state index is 0.183. The van der Waals surface area contributed by atoms with E-state index in [1.165, 1.54) is 25.3 Å². The van der Waals surface area contributed by atoms with Crippen LogP contribution in [0.1, 0.15) is 17.2 Å². The molecule has 0 saturated heterocycles. The summed E-state index contributed by atoms with van der Waals surface area (Å²) < 4.78 is 29.2. The Balaban J connectivity index is 1.75. The number of carbonyl (C=O) groups is 2. The summed E-state index contributed by atoms with van der Waals surface area (Å²) in [5.74, 6) is -1.15. The van der Waals surface area contributed by atoms with Crippen LogP contribution in [-0.2, 0) is 14.3 Å². The molecule has 1 unspecified atom stereocenters. The molecule has 1 amide bonds. The van der Waals surface area contributed by atoms with Crippen LogP contribution in [0.25, 0.3) is 0 Å². The van der Waals surface area contributed by atoms with E-state index in [1.54, 1.807) is 42.5 Å². The van der Waals surface area contributed by atoms with Gasteiger partial charge in [0.05, 0.1) is 12.8 Å². The normalized spacial score (nSPS) is 11.3. The number of methoxy groups -OCH3 is 1. The van der Waals surface area contributed by atoms with Gasteiger partial charge < -0.3 is 19.5 Å². The minimum Gasteiger partial charge on any atom is -0.495 e. The lowest BCUT2D eigenvalue weighted by Gasteiger charge is -2.19. The van der Waals surface area contributed by atoms with Crippen molar-refractivity contribution in [3.8, 4) is 11.5 Å². The molecule has 3 aromatic rings. The number of hydrogen-bond acceptors (Lipinski definition) is 5. The van der Waals surface area contributed by atoms with Gasteiger partial charge in [-0.15, -0.1) is 0 Å². The molecule has 0 fully saturated rings. The van der Waals surface area contributed by atoms with Crippen molar-refractivity contribution in [3.63, 3.8) is 0 Å². The summed E-state index contributed by atoms with van der Waals surface area (Å²) in [4.78, 5) is 25.4. The Labute approximate surface area is 179 Å². The van der Waals surface area contributed by atoms with Crippen LogP contribution in [-0.4, -0.2) is 25.6 Å². The van der Waals surface area contributed by atoms with Gasteiger partial charge in [-0.25, -0.2) is 9.18 Å². The molecule has 3 aromatic carbocycles. The molecule has 160 valence electrons. The van der Waals surface area contributed by atoms with E-state index in [2.05, 4.69) is 5.32 Å². The maximum Gasteiger partial charge on any atom is 0.345 e. The van der Waals surface area contributed by atoms with Crippen LogP contribution in [0.4, 0.5) is 10.1 Å². The Hall–Kier alpha value is -3.87. The number of halogens is 1. The van der Waals surface area contributed by atoms with Crippen molar-refractivity contribution < 1.29 is 28.2 Å². The number of nitrogens with one attached hydrogen (secondary N) is 1. The minimum atomic E-state index is -1.21. The molecule has 0 aromatic heterocycles. The molecule has 31 heavy (non-hydrogen) atoms. The van der Waals surface area contributed by atoms with Crippen LogP contribution in [0, 0.1) is 12.7 Å². The molecule has 1 atom stereocenters. The van der Waals surface area contributed by atoms with Gasteiger partial charge in [0.15, 0.2) is 6.61 Å². The third-order valence-electron chi connectivity index (χ3n) is 4.36. The van der Waals surface area contributed by atoms with Crippen LogP contribution in [0.5, 0.6) is 11.5 Å². The van der Waals surface area contributed by atoms with Crippen LogP contribution >= 0.6 is 0 Å². The molecule has 3 rings (SSSR count). The first-order valence-electron chi connectivity index (χ1n) is 9.54. The molecular weight excluding hydrogens is 401 g/mol. The summed E-state index contributed by atoms with van der Waals surface area (Å²) in [5, 5.41) is 2.76. The number of ether oxygens (including phenoxy) is 3. The fourth-order valence-electron chi connectivity index (χ4n) is 2.88. The van der Waals surface area contributed by atoms with Crippen molar-refractivity contribution in [1.82, 2.24) is 0 Å². The van der Waals surface area contributed by atoms with E-state index in [0.29, 0.717) is 17.0 Å². The second-order valence-electron chi connectivity index (χ2n) is 6.72. The predicted octanol–water partition coefficient (Wildman–Crippen LogP) is 4.44. The Kier molecular flexibility index (Phi) is 7.22. The summed E-state index contributed by atoms with van der Waals surface area (Å²) in [6.07, 6.45) is -1.21. The van der Waals surface area contributed by atoms with E-state index >= 15 is 0 Å². The smallest absolute Gasteiger partial charge is 0.345 e. The van der Waals surface area contributed by atoms with E-state index < -0.39 is 30.4 Å². The SMILES string of the molecule is COc1ccc(C)cc1NC(=O)C(OC(=O)COc1cccc(F)c1)c1ccccc1. The van der Waals surface area contributed by atoms with Gasteiger partial charge in [-0.2, -0.15) is 0 Å². The van der Waals surface area contributed by atoms with Crippen LogP contribution < -0.4 is 14.8 Å².